The molecule has 0 saturated heterocycles. The van der Waals surface area contributed by atoms with Crippen molar-refractivity contribution in [3.05, 3.63) is 65.9 Å². The maximum atomic E-state index is 12.5. The van der Waals surface area contributed by atoms with Gasteiger partial charge in [-0.05, 0) is 55.2 Å². The van der Waals surface area contributed by atoms with Gasteiger partial charge < -0.3 is 10.4 Å². The maximum absolute atomic E-state index is 12.5. The Morgan fingerprint density at radius 2 is 1.81 bits per heavy atom. The van der Waals surface area contributed by atoms with E-state index in [0.29, 0.717) is 5.56 Å². The molecule has 0 bridgehead atoms. The zero-order valence-electron chi connectivity index (χ0n) is 15.5. The molecule has 0 aliphatic heterocycles. The topological polar surface area (TPSA) is 62.2 Å². The number of carbonyl (C=O) groups excluding carboxylic acids is 1. The third-order valence-corrected chi connectivity index (χ3v) is 5.38. The largest absolute Gasteiger partial charge is 0.391 e. The van der Waals surface area contributed by atoms with E-state index in [1.165, 1.54) is 0 Å². The molecule has 27 heavy (non-hydrogen) atoms. The smallest absolute Gasteiger partial charge is 0.251 e. The van der Waals surface area contributed by atoms with Gasteiger partial charge in [0.2, 0.25) is 0 Å². The number of amides is 1. The van der Waals surface area contributed by atoms with E-state index in [9.17, 15) is 9.90 Å². The Morgan fingerprint density at radius 1 is 1.04 bits per heavy atom. The van der Waals surface area contributed by atoms with E-state index < -0.39 is 6.10 Å². The maximum Gasteiger partial charge on any atom is 0.251 e. The molecule has 2 aromatic carbocycles. The van der Waals surface area contributed by atoms with Gasteiger partial charge in [0.25, 0.3) is 5.91 Å². The van der Waals surface area contributed by atoms with Gasteiger partial charge >= 0.3 is 0 Å². The van der Waals surface area contributed by atoms with E-state index in [2.05, 4.69) is 22.4 Å². The first-order valence-corrected chi connectivity index (χ1v) is 9.57. The van der Waals surface area contributed by atoms with Crippen molar-refractivity contribution < 1.29 is 9.90 Å². The molecular weight excluding hydrogens is 336 g/mol. The minimum absolute atomic E-state index is 0.122. The summed E-state index contributed by atoms with van der Waals surface area (Å²) in [7, 11) is 0. The normalized spacial score (nSPS) is 19.8. The highest BCUT2D eigenvalue weighted by Crippen LogP contribution is 2.28. The fourth-order valence-corrected chi connectivity index (χ4v) is 3.84. The number of carbonyl (C=O) groups is 1. The summed E-state index contributed by atoms with van der Waals surface area (Å²) in [6.07, 6.45) is 3.25. The van der Waals surface area contributed by atoms with Gasteiger partial charge in [0.1, 0.15) is 0 Å². The molecule has 2 atom stereocenters. The van der Waals surface area contributed by atoms with Gasteiger partial charge in [-0.2, -0.15) is 0 Å². The number of hydrogen-bond acceptors (Lipinski definition) is 3. The monoisotopic (exact) mass is 360 g/mol. The van der Waals surface area contributed by atoms with Crippen LogP contribution in [0.4, 0.5) is 0 Å². The number of aliphatic hydroxyl groups is 1. The number of fused-ring (bicyclic) bond motifs is 1. The summed E-state index contributed by atoms with van der Waals surface area (Å²) < 4.78 is 0. The van der Waals surface area contributed by atoms with Gasteiger partial charge in [0, 0.05) is 16.6 Å². The lowest BCUT2D eigenvalue weighted by molar-refractivity contribution is 0.0717. The summed E-state index contributed by atoms with van der Waals surface area (Å²) >= 11 is 0. The average molecular weight is 360 g/mol. The van der Waals surface area contributed by atoms with Crippen LogP contribution in [0.3, 0.4) is 0 Å². The lowest BCUT2D eigenvalue weighted by Gasteiger charge is -2.28. The van der Waals surface area contributed by atoms with Crippen molar-refractivity contribution >= 4 is 16.8 Å². The molecule has 2 N–H and O–H groups in total. The minimum Gasteiger partial charge on any atom is -0.391 e. The predicted molar refractivity (Wildman–Crippen MR) is 108 cm³/mol. The number of rotatable bonds is 3. The van der Waals surface area contributed by atoms with E-state index in [0.717, 1.165) is 53.4 Å². The molecule has 1 amide bonds. The molecule has 1 heterocycles. The van der Waals surface area contributed by atoms with Crippen molar-refractivity contribution in [1.82, 2.24) is 10.3 Å². The summed E-state index contributed by atoms with van der Waals surface area (Å²) in [5.41, 5.74) is 4.75. The summed E-state index contributed by atoms with van der Waals surface area (Å²) in [6.45, 7) is 1.99. The van der Waals surface area contributed by atoms with Crippen LogP contribution in [-0.4, -0.2) is 28.1 Å². The molecule has 4 heteroatoms. The van der Waals surface area contributed by atoms with Crippen LogP contribution in [-0.2, 0) is 0 Å². The second-order valence-corrected chi connectivity index (χ2v) is 7.33. The summed E-state index contributed by atoms with van der Waals surface area (Å²) in [4.78, 5) is 17.1. The van der Waals surface area contributed by atoms with Crippen LogP contribution in [0.1, 0.15) is 41.7 Å². The number of nitrogens with zero attached hydrogens (tertiary/aromatic N) is 1. The fourth-order valence-electron chi connectivity index (χ4n) is 3.84. The third kappa shape index (κ3) is 3.71. The summed E-state index contributed by atoms with van der Waals surface area (Å²) in [6, 6.07) is 17.7. The number of nitrogens with one attached hydrogen (secondary N) is 1. The highest BCUT2D eigenvalue weighted by atomic mass is 16.3. The van der Waals surface area contributed by atoms with Crippen LogP contribution in [0.5, 0.6) is 0 Å². The summed E-state index contributed by atoms with van der Waals surface area (Å²) in [5, 5.41) is 14.1. The quantitative estimate of drug-likeness (QED) is 0.734. The van der Waals surface area contributed by atoms with Crippen molar-refractivity contribution in [3.8, 4) is 11.1 Å². The molecule has 1 aliphatic carbocycles. The van der Waals surface area contributed by atoms with Crippen LogP contribution < -0.4 is 5.32 Å². The minimum atomic E-state index is -0.436. The van der Waals surface area contributed by atoms with E-state index in [-0.39, 0.29) is 11.9 Å². The van der Waals surface area contributed by atoms with Crippen LogP contribution >= 0.6 is 0 Å². The Kier molecular flexibility index (Phi) is 4.90. The Balaban J connectivity index is 1.56. The molecule has 1 saturated carbocycles. The average Bonchev–Trinajstić information content (AvgIpc) is 2.69. The lowest BCUT2D eigenvalue weighted by Crippen LogP contribution is -2.45. The van der Waals surface area contributed by atoms with Crippen LogP contribution in [0.15, 0.2) is 54.6 Å². The SMILES string of the molecule is Cc1ccc2c(-c3ccc(C(=O)N[C@@H]4CCCC[C@H]4O)cc3)cccc2n1. The molecule has 1 aliphatic rings. The number of benzene rings is 2. The number of aromatic nitrogens is 1. The standard InChI is InChI=1S/C23H24N2O2/c1-15-9-14-19-18(5-4-7-20(19)24-15)16-10-12-17(13-11-16)23(27)25-21-6-2-3-8-22(21)26/h4-5,7,9-14,21-22,26H,2-3,6,8H2,1H3,(H,25,27)/t21-,22-/m1/s1. The van der Waals surface area contributed by atoms with Gasteiger partial charge in [-0.25, -0.2) is 0 Å². The van der Waals surface area contributed by atoms with Crippen molar-refractivity contribution in [3.63, 3.8) is 0 Å². The second-order valence-electron chi connectivity index (χ2n) is 7.33. The molecular formula is C23H24N2O2. The van der Waals surface area contributed by atoms with Crippen molar-refractivity contribution in [1.29, 1.82) is 0 Å². The molecule has 3 aromatic rings. The molecule has 0 unspecified atom stereocenters. The fraction of sp³-hybridized carbons (Fsp3) is 0.304. The van der Waals surface area contributed by atoms with Crippen LogP contribution in [0.2, 0.25) is 0 Å². The van der Waals surface area contributed by atoms with E-state index in [1.54, 1.807) is 0 Å². The third-order valence-electron chi connectivity index (χ3n) is 5.38. The van der Waals surface area contributed by atoms with Gasteiger partial charge in [-0.15, -0.1) is 0 Å². The van der Waals surface area contributed by atoms with E-state index in [4.69, 9.17) is 0 Å². The Morgan fingerprint density at radius 3 is 2.59 bits per heavy atom. The van der Waals surface area contributed by atoms with Gasteiger partial charge in [-0.1, -0.05) is 43.2 Å². The molecule has 0 radical (unpaired) electrons. The van der Waals surface area contributed by atoms with E-state index >= 15 is 0 Å². The molecule has 1 aromatic heterocycles. The zero-order valence-corrected chi connectivity index (χ0v) is 15.5. The van der Waals surface area contributed by atoms with Crippen LogP contribution in [0, 0.1) is 6.92 Å². The molecule has 4 rings (SSSR count). The van der Waals surface area contributed by atoms with Crippen molar-refractivity contribution in [2.24, 2.45) is 0 Å². The highest BCUT2D eigenvalue weighted by molar-refractivity contribution is 5.97. The first kappa shape index (κ1) is 17.7. The van der Waals surface area contributed by atoms with Gasteiger partial charge in [0.15, 0.2) is 0 Å². The molecule has 138 valence electrons. The Bertz CT molecular complexity index is 966. The van der Waals surface area contributed by atoms with Gasteiger partial charge in [0.05, 0.1) is 17.7 Å². The number of hydrogen-bond donors (Lipinski definition) is 2. The second kappa shape index (κ2) is 7.49. The number of aryl methyl sites for hydroxylation is 1. The van der Waals surface area contributed by atoms with Crippen molar-refractivity contribution in [2.75, 3.05) is 0 Å². The molecule has 4 nitrogen and oxygen atoms in total. The molecule has 0 spiro atoms. The zero-order chi connectivity index (χ0) is 18.8. The first-order chi connectivity index (χ1) is 13.1. The number of aliphatic hydroxyl groups excluding tert-OH is 1. The van der Waals surface area contributed by atoms with Crippen molar-refractivity contribution in [2.45, 2.75) is 44.8 Å². The Labute approximate surface area is 159 Å². The van der Waals surface area contributed by atoms with E-state index in [1.807, 2.05) is 49.4 Å². The highest BCUT2D eigenvalue weighted by Gasteiger charge is 2.24. The summed E-state index contributed by atoms with van der Waals surface area (Å²) in [5.74, 6) is -0.122. The lowest BCUT2D eigenvalue weighted by atomic mass is 9.92. The predicted octanol–water partition coefficient (Wildman–Crippen LogP) is 4.24. The number of pyridine rings is 1. The first-order valence-electron chi connectivity index (χ1n) is 9.57. The van der Waals surface area contributed by atoms with Gasteiger partial charge in [-0.3, -0.25) is 9.78 Å². The van der Waals surface area contributed by atoms with Crippen LogP contribution in [0.25, 0.3) is 22.0 Å². The Hall–Kier alpha value is -2.72. The molecule has 1 fully saturated rings.